The standard InChI is InChI=1S/C27H26BrClN4O2/c1-16-7-6-8-18(11-16)15-35-23-12-17(2)33(25(34)24(23)28)22-13-21(31-14-19(22)29)20-9-10-30-26(32-20)27(3,4)5/h6-14H,15H2,1-5H3. The molecule has 0 radical (unpaired) electrons. The number of ether oxygens (including phenoxy) is 1. The summed E-state index contributed by atoms with van der Waals surface area (Å²) in [5.41, 5.74) is 4.14. The van der Waals surface area contributed by atoms with Gasteiger partial charge in [-0.1, -0.05) is 62.2 Å². The van der Waals surface area contributed by atoms with Gasteiger partial charge in [0.1, 0.15) is 22.7 Å². The van der Waals surface area contributed by atoms with Crippen LogP contribution in [0.2, 0.25) is 5.02 Å². The third-order valence-corrected chi connectivity index (χ3v) is 6.46. The summed E-state index contributed by atoms with van der Waals surface area (Å²) in [5.74, 6) is 1.18. The van der Waals surface area contributed by atoms with Crippen molar-refractivity contribution in [2.75, 3.05) is 0 Å². The Morgan fingerprint density at radius 2 is 1.83 bits per heavy atom. The first kappa shape index (κ1) is 25.1. The highest BCUT2D eigenvalue weighted by Gasteiger charge is 2.20. The normalized spacial score (nSPS) is 11.5. The summed E-state index contributed by atoms with van der Waals surface area (Å²) >= 11 is 9.94. The minimum atomic E-state index is -0.277. The van der Waals surface area contributed by atoms with Crippen molar-refractivity contribution >= 4 is 27.5 Å². The van der Waals surface area contributed by atoms with Gasteiger partial charge in [-0.2, -0.15) is 0 Å². The molecule has 0 fully saturated rings. The maximum absolute atomic E-state index is 13.4. The SMILES string of the molecule is Cc1cccc(COc2cc(C)n(-c3cc(-c4ccnc(C(C)(C)C)n4)ncc3Cl)c(=O)c2Br)c1. The lowest BCUT2D eigenvalue weighted by molar-refractivity contribution is 0.302. The molecule has 3 aromatic heterocycles. The van der Waals surface area contributed by atoms with E-state index in [0.29, 0.717) is 50.4 Å². The number of hydrogen-bond donors (Lipinski definition) is 0. The first-order valence-corrected chi connectivity index (χ1v) is 12.3. The second-order valence-electron chi connectivity index (χ2n) is 9.42. The first-order valence-electron chi connectivity index (χ1n) is 11.1. The zero-order chi connectivity index (χ0) is 25.3. The molecule has 3 heterocycles. The Balaban J connectivity index is 1.72. The van der Waals surface area contributed by atoms with E-state index in [1.807, 2.05) is 38.1 Å². The molecule has 180 valence electrons. The molecule has 4 rings (SSSR count). The lowest BCUT2D eigenvalue weighted by Crippen LogP contribution is -2.22. The van der Waals surface area contributed by atoms with E-state index in [2.05, 4.69) is 57.7 Å². The van der Waals surface area contributed by atoms with E-state index < -0.39 is 0 Å². The number of rotatable bonds is 5. The fourth-order valence-corrected chi connectivity index (χ4v) is 4.25. The Hall–Kier alpha value is -3.03. The Morgan fingerprint density at radius 3 is 2.54 bits per heavy atom. The topological polar surface area (TPSA) is 69.9 Å². The number of aromatic nitrogens is 4. The molecule has 0 atom stereocenters. The molecule has 35 heavy (non-hydrogen) atoms. The summed E-state index contributed by atoms with van der Waals surface area (Å²) in [6.45, 7) is 10.4. The number of aryl methyl sites for hydroxylation is 2. The molecule has 8 heteroatoms. The van der Waals surface area contributed by atoms with Gasteiger partial charge in [0, 0.05) is 29.6 Å². The van der Waals surface area contributed by atoms with Crippen LogP contribution in [0.4, 0.5) is 0 Å². The molecule has 0 amide bonds. The largest absolute Gasteiger partial charge is 0.487 e. The van der Waals surface area contributed by atoms with Gasteiger partial charge in [-0.25, -0.2) is 9.97 Å². The maximum Gasteiger partial charge on any atom is 0.273 e. The van der Waals surface area contributed by atoms with Gasteiger partial charge in [-0.3, -0.25) is 14.3 Å². The van der Waals surface area contributed by atoms with Crippen molar-refractivity contribution < 1.29 is 4.74 Å². The number of halogens is 2. The fraction of sp³-hybridized carbons (Fsp3) is 0.259. The molecular weight excluding hydrogens is 528 g/mol. The van der Waals surface area contributed by atoms with Gasteiger partial charge in [0.05, 0.1) is 22.1 Å². The number of hydrogen-bond acceptors (Lipinski definition) is 5. The van der Waals surface area contributed by atoms with Gasteiger partial charge >= 0.3 is 0 Å². The van der Waals surface area contributed by atoms with E-state index >= 15 is 0 Å². The molecule has 1 aromatic carbocycles. The first-order chi connectivity index (χ1) is 16.5. The van der Waals surface area contributed by atoms with Gasteiger partial charge in [-0.05, 0) is 47.5 Å². The van der Waals surface area contributed by atoms with Crippen LogP contribution in [0.15, 0.2) is 64.1 Å². The van der Waals surface area contributed by atoms with Crippen LogP contribution in [-0.2, 0) is 12.0 Å². The molecule has 6 nitrogen and oxygen atoms in total. The van der Waals surface area contributed by atoms with Crippen LogP contribution in [-0.4, -0.2) is 19.5 Å². The molecule has 0 saturated heterocycles. The highest BCUT2D eigenvalue weighted by molar-refractivity contribution is 9.10. The Labute approximate surface area is 218 Å². The van der Waals surface area contributed by atoms with E-state index in [4.69, 9.17) is 16.3 Å². The predicted molar refractivity (Wildman–Crippen MR) is 143 cm³/mol. The third kappa shape index (κ3) is 5.46. The van der Waals surface area contributed by atoms with Crippen molar-refractivity contribution in [3.8, 4) is 22.8 Å². The summed E-state index contributed by atoms with van der Waals surface area (Å²) in [5, 5.41) is 0.351. The Kier molecular flexibility index (Phi) is 7.10. The minimum Gasteiger partial charge on any atom is -0.487 e. The summed E-state index contributed by atoms with van der Waals surface area (Å²) in [6.07, 6.45) is 3.25. The van der Waals surface area contributed by atoms with Crippen LogP contribution in [0.25, 0.3) is 17.1 Å². The molecule has 0 spiro atoms. The maximum atomic E-state index is 13.4. The molecule has 0 bridgehead atoms. The van der Waals surface area contributed by atoms with Gasteiger partial charge in [0.15, 0.2) is 0 Å². The molecular formula is C27H26BrClN4O2. The van der Waals surface area contributed by atoms with Gasteiger partial charge in [0.25, 0.3) is 5.56 Å². The molecule has 4 aromatic rings. The van der Waals surface area contributed by atoms with E-state index in [1.54, 1.807) is 22.9 Å². The lowest BCUT2D eigenvalue weighted by atomic mass is 9.95. The average Bonchev–Trinajstić information content (AvgIpc) is 2.81. The summed E-state index contributed by atoms with van der Waals surface area (Å²) in [4.78, 5) is 26.9. The van der Waals surface area contributed by atoms with Crippen molar-refractivity contribution in [3.63, 3.8) is 0 Å². The van der Waals surface area contributed by atoms with E-state index in [9.17, 15) is 4.79 Å². The lowest BCUT2D eigenvalue weighted by Gasteiger charge is -2.18. The van der Waals surface area contributed by atoms with Crippen LogP contribution >= 0.6 is 27.5 Å². The van der Waals surface area contributed by atoms with Gasteiger partial charge < -0.3 is 4.74 Å². The monoisotopic (exact) mass is 552 g/mol. The van der Waals surface area contributed by atoms with E-state index in [1.165, 1.54) is 6.20 Å². The van der Waals surface area contributed by atoms with Crippen LogP contribution < -0.4 is 10.3 Å². The average molecular weight is 554 g/mol. The Bertz CT molecular complexity index is 1460. The van der Waals surface area contributed by atoms with Gasteiger partial charge in [-0.15, -0.1) is 0 Å². The highest BCUT2D eigenvalue weighted by Crippen LogP contribution is 2.29. The van der Waals surface area contributed by atoms with Gasteiger partial charge in [0.2, 0.25) is 0 Å². The van der Waals surface area contributed by atoms with Crippen LogP contribution in [0.1, 0.15) is 43.4 Å². The van der Waals surface area contributed by atoms with Crippen LogP contribution in [0.5, 0.6) is 5.75 Å². The molecule has 0 aliphatic heterocycles. The van der Waals surface area contributed by atoms with Crippen LogP contribution in [0, 0.1) is 13.8 Å². The molecule has 0 aliphatic rings. The molecule has 0 N–H and O–H groups in total. The summed E-state index contributed by atoms with van der Waals surface area (Å²) < 4.78 is 7.84. The highest BCUT2D eigenvalue weighted by atomic mass is 79.9. The second kappa shape index (κ2) is 9.91. The quantitative estimate of drug-likeness (QED) is 0.278. The van der Waals surface area contributed by atoms with Crippen LogP contribution in [0.3, 0.4) is 0 Å². The van der Waals surface area contributed by atoms with Crippen molar-refractivity contribution in [3.05, 3.63) is 97.4 Å². The number of nitrogens with zero attached hydrogens (tertiary/aromatic N) is 4. The Morgan fingerprint density at radius 1 is 1.06 bits per heavy atom. The van der Waals surface area contributed by atoms with E-state index in [0.717, 1.165) is 11.1 Å². The summed E-state index contributed by atoms with van der Waals surface area (Å²) in [7, 11) is 0. The molecule has 0 unspecified atom stereocenters. The molecule has 0 aliphatic carbocycles. The minimum absolute atomic E-state index is 0.210. The van der Waals surface area contributed by atoms with Crippen molar-refractivity contribution in [1.82, 2.24) is 19.5 Å². The third-order valence-electron chi connectivity index (χ3n) is 5.44. The zero-order valence-corrected chi connectivity index (χ0v) is 22.6. The summed E-state index contributed by atoms with van der Waals surface area (Å²) in [6, 6.07) is 13.4. The van der Waals surface area contributed by atoms with E-state index in [-0.39, 0.29) is 11.0 Å². The second-order valence-corrected chi connectivity index (χ2v) is 10.6. The smallest absolute Gasteiger partial charge is 0.273 e. The van der Waals surface area contributed by atoms with Crippen molar-refractivity contribution in [2.24, 2.45) is 0 Å². The predicted octanol–water partition coefficient (Wildman–Crippen LogP) is 6.60. The fourth-order valence-electron chi connectivity index (χ4n) is 3.65. The number of benzene rings is 1. The van der Waals surface area contributed by atoms with Crippen molar-refractivity contribution in [2.45, 2.75) is 46.6 Å². The molecule has 0 saturated carbocycles. The number of pyridine rings is 2. The van der Waals surface area contributed by atoms with Crippen molar-refractivity contribution in [1.29, 1.82) is 0 Å². The zero-order valence-electron chi connectivity index (χ0n) is 20.3.